The van der Waals surface area contributed by atoms with Crippen LogP contribution in [0.2, 0.25) is 0 Å². The van der Waals surface area contributed by atoms with Crippen LogP contribution in [-0.2, 0) is 6.18 Å². The largest absolute Gasteiger partial charge is 0.492 e. The molecule has 0 aliphatic carbocycles. The SMILES string of the molecule is NCC(COc1ccccc1C(F)(F)F)c1cccs1. The van der Waals surface area contributed by atoms with E-state index in [0.717, 1.165) is 10.9 Å². The fourth-order valence-corrected chi connectivity index (χ4v) is 2.64. The van der Waals surface area contributed by atoms with E-state index in [1.165, 1.54) is 29.5 Å². The number of nitrogens with two attached hydrogens (primary N) is 1. The van der Waals surface area contributed by atoms with E-state index >= 15 is 0 Å². The average Bonchev–Trinajstić information content (AvgIpc) is 2.93. The van der Waals surface area contributed by atoms with Crippen LogP contribution in [0.5, 0.6) is 5.75 Å². The summed E-state index contributed by atoms with van der Waals surface area (Å²) < 4.78 is 43.8. The van der Waals surface area contributed by atoms with E-state index in [-0.39, 0.29) is 18.3 Å². The van der Waals surface area contributed by atoms with Crippen molar-refractivity contribution in [2.24, 2.45) is 5.73 Å². The number of benzene rings is 1. The highest BCUT2D eigenvalue weighted by Crippen LogP contribution is 2.36. The molecule has 0 aliphatic heterocycles. The van der Waals surface area contributed by atoms with Crippen molar-refractivity contribution in [1.29, 1.82) is 0 Å². The molecule has 1 aromatic carbocycles. The average molecular weight is 301 g/mol. The minimum atomic E-state index is -4.42. The van der Waals surface area contributed by atoms with Gasteiger partial charge >= 0.3 is 6.18 Å². The highest BCUT2D eigenvalue weighted by atomic mass is 32.1. The first-order chi connectivity index (χ1) is 9.52. The number of halogens is 3. The third-order valence-corrected chi connectivity index (χ3v) is 3.90. The fraction of sp³-hybridized carbons (Fsp3) is 0.286. The van der Waals surface area contributed by atoms with Crippen LogP contribution in [0.3, 0.4) is 0 Å². The van der Waals surface area contributed by atoms with Gasteiger partial charge in [0.25, 0.3) is 0 Å². The summed E-state index contributed by atoms with van der Waals surface area (Å²) in [7, 11) is 0. The molecule has 108 valence electrons. The minimum absolute atomic E-state index is 0.101. The molecule has 2 nitrogen and oxygen atoms in total. The quantitative estimate of drug-likeness (QED) is 0.909. The summed E-state index contributed by atoms with van der Waals surface area (Å²) in [5.41, 5.74) is 4.89. The second-order valence-electron chi connectivity index (χ2n) is 4.25. The van der Waals surface area contributed by atoms with Gasteiger partial charge in [-0.15, -0.1) is 11.3 Å². The highest BCUT2D eigenvalue weighted by molar-refractivity contribution is 7.10. The van der Waals surface area contributed by atoms with Crippen molar-refractivity contribution in [1.82, 2.24) is 0 Å². The maximum absolute atomic E-state index is 12.8. The number of rotatable bonds is 5. The van der Waals surface area contributed by atoms with Gasteiger partial charge in [-0.05, 0) is 23.6 Å². The standard InChI is InChI=1S/C14H14F3NOS/c15-14(16,17)11-4-1-2-5-12(11)19-9-10(8-18)13-6-3-7-20-13/h1-7,10H,8-9,18H2. The van der Waals surface area contributed by atoms with E-state index in [0.29, 0.717) is 6.54 Å². The van der Waals surface area contributed by atoms with Crippen molar-refractivity contribution in [3.8, 4) is 5.75 Å². The fourth-order valence-electron chi connectivity index (χ4n) is 1.81. The predicted molar refractivity (Wildman–Crippen MR) is 73.1 cm³/mol. The van der Waals surface area contributed by atoms with Crippen LogP contribution in [0.4, 0.5) is 13.2 Å². The van der Waals surface area contributed by atoms with Gasteiger partial charge in [0.2, 0.25) is 0 Å². The number of para-hydroxylation sites is 1. The molecule has 0 saturated heterocycles. The zero-order valence-electron chi connectivity index (χ0n) is 10.6. The molecule has 0 spiro atoms. The molecule has 0 aliphatic rings. The van der Waals surface area contributed by atoms with Gasteiger partial charge in [-0.2, -0.15) is 13.2 Å². The first kappa shape index (κ1) is 14.9. The lowest BCUT2D eigenvalue weighted by atomic mass is 10.1. The van der Waals surface area contributed by atoms with Gasteiger partial charge in [-0.1, -0.05) is 18.2 Å². The Morgan fingerprint density at radius 2 is 1.90 bits per heavy atom. The van der Waals surface area contributed by atoms with Gasteiger partial charge in [0, 0.05) is 17.3 Å². The monoisotopic (exact) mass is 301 g/mol. The first-order valence-corrected chi connectivity index (χ1v) is 6.93. The van der Waals surface area contributed by atoms with E-state index < -0.39 is 11.7 Å². The minimum Gasteiger partial charge on any atom is -0.492 e. The number of hydrogen-bond donors (Lipinski definition) is 1. The molecule has 6 heteroatoms. The molecule has 2 aromatic rings. The van der Waals surface area contributed by atoms with E-state index in [2.05, 4.69) is 0 Å². The van der Waals surface area contributed by atoms with Gasteiger partial charge in [0.05, 0.1) is 12.2 Å². The van der Waals surface area contributed by atoms with Crippen LogP contribution < -0.4 is 10.5 Å². The van der Waals surface area contributed by atoms with Crippen LogP contribution in [0, 0.1) is 0 Å². The maximum atomic E-state index is 12.8. The lowest BCUT2D eigenvalue weighted by molar-refractivity contribution is -0.139. The summed E-state index contributed by atoms with van der Waals surface area (Å²) in [6.45, 7) is 0.457. The number of ether oxygens (including phenoxy) is 1. The Labute approximate surface area is 119 Å². The second-order valence-corrected chi connectivity index (χ2v) is 5.23. The topological polar surface area (TPSA) is 35.2 Å². The Hall–Kier alpha value is -1.53. The third-order valence-electron chi connectivity index (χ3n) is 2.86. The van der Waals surface area contributed by atoms with Crippen LogP contribution in [0.1, 0.15) is 16.4 Å². The molecule has 1 aromatic heterocycles. The summed E-state index contributed by atoms with van der Waals surface area (Å²) in [5, 5.41) is 1.90. The summed E-state index contributed by atoms with van der Waals surface area (Å²) >= 11 is 1.52. The normalized spacial score (nSPS) is 13.2. The van der Waals surface area contributed by atoms with Crippen molar-refractivity contribution in [2.45, 2.75) is 12.1 Å². The number of hydrogen-bond acceptors (Lipinski definition) is 3. The van der Waals surface area contributed by atoms with Crippen LogP contribution in [0.25, 0.3) is 0 Å². The predicted octanol–water partition coefficient (Wildman–Crippen LogP) is 3.89. The Morgan fingerprint density at radius 3 is 2.50 bits per heavy atom. The van der Waals surface area contributed by atoms with Crippen molar-refractivity contribution in [3.05, 3.63) is 52.2 Å². The van der Waals surface area contributed by atoms with E-state index in [9.17, 15) is 13.2 Å². The smallest absolute Gasteiger partial charge is 0.419 e. The van der Waals surface area contributed by atoms with Gasteiger partial charge in [0.1, 0.15) is 5.75 Å². The highest BCUT2D eigenvalue weighted by Gasteiger charge is 2.34. The molecule has 0 amide bonds. The van der Waals surface area contributed by atoms with Crippen LogP contribution >= 0.6 is 11.3 Å². The molecule has 0 radical (unpaired) electrons. The van der Waals surface area contributed by atoms with Crippen molar-refractivity contribution >= 4 is 11.3 Å². The summed E-state index contributed by atoms with van der Waals surface area (Å²) in [4.78, 5) is 1.01. The van der Waals surface area contributed by atoms with Gasteiger partial charge < -0.3 is 10.5 Å². The van der Waals surface area contributed by atoms with Crippen molar-refractivity contribution in [3.63, 3.8) is 0 Å². The molecule has 0 fully saturated rings. The lowest BCUT2D eigenvalue weighted by Crippen LogP contribution is -2.19. The molecular weight excluding hydrogens is 287 g/mol. The Morgan fingerprint density at radius 1 is 1.15 bits per heavy atom. The molecule has 1 heterocycles. The molecular formula is C14H14F3NOS. The maximum Gasteiger partial charge on any atom is 0.419 e. The Balaban J connectivity index is 2.11. The zero-order valence-corrected chi connectivity index (χ0v) is 11.4. The first-order valence-electron chi connectivity index (χ1n) is 6.05. The molecule has 1 atom stereocenters. The molecule has 1 unspecified atom stereocenters. The van der Waals surface area contributed by atoms with Crippen LogP contribution in [-0.4, -0.2) is 13.2 Å². The van der Waals surface area contributed by atoms with Crippen LogP contribution in [0.15, 0.2) is 41.8 Å². The summed E-state index contributed by atoms with van der Waals surface area (Å²) in [6, 6.07) is 8.98. The molecule has 2 N–H and O–H groups in total. The number of thiophene rings is 1. The zero-order chi connectivity index (χ0) is 14.6. The Bertz CT molecular complexity index is 540. The third kappa shape index (κ3) is 3.52. The van der Waals surface area contributed by atoms with Gasteiger partial charge in [-0.25, -0.2) is 0 Å². The molecule has 20 heavy (non-hydrogen) atoms. The van der Waals surface area contributed by atoms with Gasteiger partial charge in [0.15, 0.2) is 0 Å². The summed E-state index contributed by atoms with van der Waals surface area (Å²) in [5.74, 6) is -0.258. The molecule has 0 saturated carbocycles. The van der Waals surface area contributed by atoms with Crippen molar-refractivity contribution < 1.29 is 17.9 Å². The van der Waals surface area contributed by atoms with E-state index in [1.807, 2.05) is 17.5 Å². The molecule has 0 bridgehead atoms. The Kier molecular flexibility index (Phi) is 4.67. The number of alkyl halides is 3. The lowest BCUT2D eigenvalue weighted by Gasteiger charge is -2.17. The van der Waals surface area contributed by atoms with E-state index in [1.54, 1.807) is 0 Å². The van der Waals surface area contributed by atoms with E-state index in [4.69, 9.17) is 10.5 Å². The van der Waals surface area contributed by atoms with Crippen molar-refractivity contribution in [2.75, 3.05) is 13.2 Å². The molecule has 2 rings (SSSR count). The van der Waals surface area contributed by atoms with Gasteiger partial charge in [-0.3, -0.25) is 0 Å². The summed E-state index contributed by atoms with van der Waals surface area (Å²) in [6.07, 6.45) is -4.42. The second kappa shape index (κ2) is 6.28.